The van der Waals surface area contributed by atoms with Crippen LogP contribution in [0.25, 0.3) is 0 Å². The monoisotopic (exact) mass is 252 g/mol. The first kappa shape index (κ1) is 12.9. The maximum absolute atomic E-state index is 13.2. The molecule has 0 radical (unpaired) electrons. The number of halogens is 1. The fraction of sp³-hybridized carbons (Fsp3) is 0.500. The number of rotatable bonds is 3. The molecule has 0 bridgehead atoms. The van der Waals surface area contributed by atoms with E-state index in [-0.39, 0.29) is 11.7 Å². The molecule has 0 N–H and O–H groups in total. The average molecular weight is 252 g/mol. The van der Waals surface area contributed by atoms with Crippen molar-refractivity contribution in [3.05, 3.63) is 29.6 Å². The molecule has 1 fully saturated rings. The molecule has 2 rings (SSSR count). The van der Waals surface area contributed by atoms with Crippen molar-refractivity contribution in [2.75, 3.05) is 7.11 Å². The van der Waals surface area contributed by atoms with Gasteiger partial charge in [0.05, 0.1) is 7.11 Å². The maximum Gasteiger partial charge on any atom is 0.342 e. The van der Waals surface area contributed by atoms with Gasteiger partial charge in [-0.25, -0.2) is 9.18 Å². The molecule has 1 aromatic rings. The summed E-state index contributed by atoms with van der Waals surface area (Å²) < 4.78 is 23.6. The number of esters is 1. The number of benzene rings is 1. The molecule has 0 heterocycles. The normalized spacial score (nSPS) is 16.3. The van der Waals surface area contributed by atoms with Crippen LogP contribution in [-0.4, -0.2) is 19.2 Å². The van der Waals surface area contributed by atoms with Crippen LogP contribution in [0.2, 0.25) is 0 Å². The van der Waals surface area contributed by atoms with E-state index in [1.165, 1.54) is 25.7 Å². The standard InChI is InChI=1S/C14H17FO3/c1-17-13-8-7-10(15)9-12(13)14(16)18-11-5-3-2-4-6-11/h7-9,11H,2-6H2,1H3. The molecule has 1 aliphatic rings. The molecular weight excluding hydrogens is 235 g/mol. The third kappa shape index (κ3) is 3.00. The second-order valence-corrected chi connectivity index (χ2v) is 4.51. The van der Waals surface area contributed by atoms with E-state index in [0.717, 1.165) is 31.7 Å². The van der Waals surface area contributed by atoms with Gasteiger partial charge in [-0.2, -0.15) is 0 Å². The van der Waals surface area contributed by atoms with Crippen LogP contribution in [0.4, 0.5) is 4.39 Å². The second-order valence-electron chi connectivity index (χ2n) is 4.51. The number of carbonyl (C=O) groups excluding carboxylic acids is 1. The van der Waals surface area contributed by atoms with Gasteiger partial charge in [0, 0.05) is 0 Å². The average Bonchev–Trinajstić information content (AvgIpc) is 2.40. The molecule has 0 saturated heterocycles. The number of hydrogen-bond acceptors (Lipinski definition) is 3. The summed E-state index contributed by atoms with van der Waals surface area (Å²) in [6.45, 7) is 0. The third-order valence-corrected chi connectivity index (χ3v) is 3.21. The fourth-order valence-corrected chi connectivity index (χ4v) is 2.24. The van der Waals surface area contributed by atoms with Crippen LogP contribution >= 0.6 is 0 Å². The zero-order chi connectivity index (χ0) is 13.0. The highest BCUT2D eigenvalue weighted by molar-refractivity contribution is 5.92. The van der Waals surface area contributed by atoms with Gasteiger partial charge in [-0.05, 0) is 43.9 Å². The van der Waals surface area contributed by atoms with Crippen LogP contribution < -0.4 is 4.74 Å². The summed E-state index contributed by atoms with van der Waals surface area (Å²) in [4.78, 5) is 12.0. The number of carbonyl (C=O) groups is 1. The van der Waals surface area contributed by atoms with Gasteiger partial charge >= 0.3 is 5.97 Å². The van der Waals surface area contributed by atoms with Crippen molar-refractivity contribution in [3.63, 3.8) is 0 Å². The Labute approximate surface area is 106 Å². The van der Waals surface area contributed by atoms with E-state index in [1.807, 2.05) is 0 Å². The van der Waals surface area contributed by atoms with E-state index in [4.69, 9.17) is 9.47 Å². The smallest absolute Gasteiger partial charge is 0.342 e. The van der Waals surface area contributed by atoms with Gasteiger partial charge < -0.3 is 9.47 Å². The summed E-state index contributed by atoms with van der Waals surface area (Å²) in [6, 6.07) is 3.85. The summed E-state index contributed by atoms with van der Waals surface area (Å²) >= 11 is 0. The Morgan fingerprint density at radius 3 is 2.67 bits per heavy atom. The number of ether oxygens (including phenoxy) is 2. The van der Waals surface area contributed by atoms with Crippen molar-refractivity contribution in [1.82, 2.24) is 0 Å². The Bertz CT molecular complexity index is 425. The van der Waals surface area contributed by atoms with E-state index in [2.05, 4.69) is 0 Å². The van der Waals surface area contributed by atoms with Gasteiger partial charge in [0.25, 0.3) is 0 Å². The van der Waals surface area contributed by atoms with E-state index in [1.54, 1.807) is 0 Å². The van der Waals surface area contributed by atoms with E-state index >= 15 is 0 Å². The molecule has 1 saturated carbocycles. The van der Waals surface area contributed by atoms with Crippen LogP contribution in [-0.2, 0) is 4.74 Å². The molecule has 0 atom stereocenters. The van der Waals surface area contributed by atoms with Gasteiger partial charge in [-0.1, -0.05) is 6.42 Å². The van der Waals surface area contributed by atoms with Crippen molar-refractivity contribution in [2.24, 2.45) is 0 Å². The zero-order valence-electron chi connectivity index (χ0n) is 10.4. The maximum atomic E-state index is 13.2. The van der Waals surface area contributed by atoms with Gasteiger partial charge in [0.2, 0.25) is 0 Å². The molecule has 98 valence electrons. The van der Waals surface area contributed by atoms with Crippen molar-refractivity contribution in [1.29, 1.82) is 0 Å². The lowest BCUT2D eigenvalue weighted by atomic mass is 9.98. The predicted molar refractivity (Wildman–Crippen MR) is 65.2 cm³/mol. The molecule has 3 nitrogen and oxygen atoms in total. The Morgan fingerprint density at radius 2 is 2.00 bits per heavy atom. The van der Waals surface area contributed by atoms with E-state index < -0.39 is 11.8 Å². The van der Waals surface area contributed by atoms with Crippen LogP contribution in [0.5, 0.6) is 5.75 Å². The highest BCUT2D eigenvalue weighted by Gasteiger charge is 2.21. The molecule has 1 aliphatic carbocycles. The molecule has 0 aliphatic heterocycles. The van der Waals surface area contributed by atoms with Gasteiger partial charge in [0.15, 0.2) is 0 Å². The second kappa shape index (κ2) is 5.85. The Morgan fingerprint density at radius 1 is 1.28 bits per heavy atom. The lowest BCUT2D eigenvalue weighted by Gasteiger charge is -2.22. The zero-order valence-corrected chi connectivity index (χ0v) is 10.4. The van der Waals surface area contributed by atoms with Crippen molar-refractivity contribution in [2.45, 2.75) is 38.2 Å². The topological polar surface area (TPSA) is 35.5 Å². The molecule has 0 spiro atoms. The third-order valence-electron chi connectivity index (χ3n) is 3.21. The Hall–Kier alpha value is -1.58. The molecular formula is C14H17FO3. The number of methoxy groups -OCH3 is 1. The van der Waals surface area contributed by atoms with Crippen LogP contribution in [0.15, 0.2) is 18.2 Å². The quantitative estimate of drug-likeness (QED) is 0.774. The first-order valence-corrected chi connectivity index (χ1v) is 6.25. The van der Waals surface area contributed by atoms with Crippen molar-refractivity contribution >= 4 is 5.97 Å². The minimum absolute atomic E-state index is 0.0424. The number of hydrogen-bond donors (Lipinski definition) is 0. The molecule has 18 heavy (non-hydrogen) atoms. The molecule has 0 aromatic heterocycles. The lowest BCUT2D eigenvalue weighted by Crippen LogP contribution is -2.21. The molecule has 4 heteroatoms. The SMILES string of the molecule is COc1ccc(F)cc1C(=O)OC1CCCCC1. The van der Waals surface area contributed by atoms with Gasteiger partial charge in [0.1, 0.15) is 23.2 Å². The highest BCUT2D eigenvalue weighted by atomic mass is 19.1. The summed E-state index contributed by atoms with van der Waals surface area (Å²) in [5.41, 5.74) is 0.156. The van der Waals surface area contributed by atoms with Crippen molar-refractivity contribution < 1.29 is 18.7 Å². The summed E-state index contributed by atoms with van der Waals surface area (Å²) in [7, 11) is 1.45. The van der Waals surface area contributed by atoms with Crippen LogP contribution in [0, 0.1) is 5.82 Å². The molecule has 1 aromatic carbocycles. The van der Waals surface area contributed by atoms with Gasteiger partial charge in [-0.3, -0.25) is 0 Å². The minimum Gasteiger partial charge on any atom is -0.496 e. The fourth-order valence-electron chi connectivity index (χ4n) is 2.24. The van der Waals surface area contributed by atoms with Crippen molar-refractivity contribution in [3.8, 4) is 5.75 Å². The molecule has 0 unspecified atom stereocenters. The summed E-state index contributed by atoms with van der Waals surface area (Å²) in [6.07, 6.45) is 5.10. The first-order valence-electron chi connectivity index (χ1n) is 6.25. The van der Waals surface area contributed by atoms with Crippen LogP contribution in [0.1, 0.15) is 42.5 Å². The minimum atomic E-state index is -0.502. The first-order chi connectivity index (χ1) is 8.70. The lowest BCUT2D eigenvalue weighted by molar-refractivity contribution is 0.0207. The highest BCUT2D eigenvalue weighted by Crippen LogP contribution is 2.24. The Kier molecular flexibility index (Phi) is 4.18. The largest absolute Gasteiger partial charge is 0.496 e. The van der Waals surface area contributed by atoms with Crippen LogP contribution in [0.3, 0.4) is 0 Å². The summed E-state index contributed by atoms with van der Waals surface area (Å²) in [5.74, 6) is -0.623. The van der Waals surface area contributed by atoms with E-state index in [9.17, 15) is 9.18 Å². The van der Waals surface area contributed by atoms with Gasteiger partial charge in [-0.15, -0.1) is 0 Å². The predicted octanol–water partition coefficient (Wildman–Crippen LogP) is 3.32. The van der Waals surface area contributed by atoms with E-state index in [0.29, 0.717) is 5.75 Å². The molecule has 0 amide bonds. The Balaban J connectivity index is 2.09. The summed E-state index contributed by atoms with van der Waals surface area (Å²) in [5, 5.41) is 0.